The molecule has 0 saturated carbocycles. The molecule has 1 aromatic carbocycles. The quantitative estimate of drug-likeness (QED) is 0.304. The standard InChI is InChI=1S/C19H16N4O3/c1-13-3-4-15(11-17(13)23(25)26)18(24)6-5-16-12-22(2)21-19(16)14-7-9-20-10-8-14/h3-12H,1-2H3/b6-5+. The number of nitrogens with zero attached hydrogens (tertiary/aromatic N) is 4. The number of hydrogen-bond acceptors (Lipinski definition) is 5. The fourth-order valence-corrected chi connectivity index (χ4v) is 2.58. The number of allylic oxidation sites excluding steroid dienone is 1. The summed E-state index contributed by atoms with van der Waals surface area (Å²) in [6.07, 6.45) is 8.21. The molecule has 0 atom stereocenters. The Bertz CT molecular complexity index is 1010. The van der Waals surface area contributed by atoms with Gasteiger partial charge in [-0.25, -0.2) is 0 Å². The lowest BCUT2D eigenvalue weighted by atomic mass is 10.0. The van der Waals surface area contributed by atoms with Crippen LogP contribution in [0, 0.1) is 17.0 Å². The van der Waals surface area contributed by atoms with Gasteiger partial charge < -0.3 is 0 Å². The Labute approximate surface area is 149 Å². The van der Waals surface area contributed by atoms with Crippen molar-refractivity contribution in [3.63, 3.8) is 0 Å². The Balaban J connectivity index is 1.90. The van der Waals surface area contributed by atoms with Gasteiger partial charge in [0.25, 0.3) is 5.69 Å². The normalized spacial score (nSPS) is 11.0. The molecular formula is C19H16N4O3. The summed E-state index contributed by atoms with van der Waals surface area (Å²) >= 11 is 0. The molecule has 0 radical (unpaired) electrons. The SMILES string of the molecule is Cc1ccc(C(=O)/C=C/c2cn(C)nc2-c2ccncc2)cc1[N+](=O)[O-]. The molecule has 0 amide bonds. The zero-order valence-corrected chi connectivity index (χ0v) is 14.3. The summed E-state index contributed by atoms with van der Waals surface area (Å²) in [6.45, 7) is 1.64. The Morgan fingerprint density at radius 2 is 1.96 bits per heavy atom. The van der Waals surface area contributed by atoms with Gasteiger partial charge in [0.2, 0.25) is 0 Å². The number of nitro groups is 1. The van der Waals surface area contributed by atoms with E-state index in [1.165, 1.54) is 12.1 Å². The summed E-state index contributed by atoms with van der Waals surface area (Å²) in [5.74, 6) is -0.308. The van der Waals surface area contributed by atoms with Gasteiger partial charge in [0.15, 0.2) is 5.78 Å². The van der Waals surface area contributed by atoms with Crippen LogP contribution in [0.5, 0.6) is 0 Å². The third-order valence-corrected chi connectivity index (χ3v) is 3.92. The van der Waals surface area contributed by atoms with Crippen molar-refractivity contribution in [3.8, 4) is 11.3 Å². The highest BCUT2D eigenvalue weighted by atomic mass is 16.6. The molecule has 0 saturated heterocycles. The minimum Gasteiger partial charge on any atom is -0.289 e. The number of carbonyl (C=O) groups is 1. The van der Waals surface area contributed by atoms with Gasteiger partial charge in [-0.3, -0.25) is 24.6 Å². The van der Waals surface area contributed by atoms with Crippen LogP contribution in [0.15, 0.2) is 55.0 Å². The van der Waals surface area contributed by atoms with Crippen LogP contribution < -0.4 is 0 Å². The van der Waals surface area contributed by atoms with E-state index in [0.717, 1.165) is 16.8 Å². The highest BCUT2D eigenvalue weighted by molar-refractivity contribution is 6.07. The van der Waals surface area contributed by atoms with E-state index in [4.69, 9.17) is 0 Å². The van der Waals surface area contributed by atoms with Gasteiger partial charge in [0, 0.05) is 54.0 Å². The molecule has 0 spiro atoms. The smallest absolute Gasteiger partial charge is 0.273 e. The van der Waals surface area contributed by atoms with E-state index in [0.29, 0.717) is 5.56 Å². The molecule has 0 aliphatic rings. The highest BCUT2D eigenvalue weighted by Gasteiger charge is 2.14. The van der Waals surface area contributed by atoms with Crippen LogP contribution in [0.25, 0.3) is 17.3 Å². The largest absolute Gasteiger partial charge is 0.289 e. The molecule has 2 heterocycles. The van der Waals surface area contributed by atoms with E-state index < -0.39 is 4.92 Å². The Hall–Kier alpha value is -3.61. The van der Waals surface area contributed by atoms with E-state index in [-0.39, 0.29) is 17.0 Å². The number of rotatable bonds is 5. The van der Waals surface area contributed by atoms with Gasteiger partial charge >= 0.3 is 0 Å². The van der Waals surface area contributed by atoms with Crippen molar-refractivity contribution in [2.24, 2.45) is 7.05 Å². The van der Waals surface area contributed by atoms with Crippen LogP contribution in [0.3, 0.4) is 0 Å². The minimum atomic E-state index is -0.488. The van der Waals surface area contributed by atoms with E-state index >= 15 is 0 Å². The summed E-state index contributed by atoms with van der Waals surface area (Å²) < 4.78 is 1.66. The molecule has 0 fully saturated rings. The van der Waals surface area contributed by atoms with Crippen molar-refractivity contribution in [2.75, 3.05) is 0 Å². The highest BCUT2D eigenvalue weighted by Crippen LogP contribution is 2.23. The number of aromatic nitrogens is 3. The molecular weight excluding hydrogens is 332 g/mol. The van der Waals surface area contributed by atoms with Crippen LogP contribution in [0.1, 0.15) is 21.5 Å². The maximum Gasteiger partial charge on any atom is 0.273 e. The number of carbonyl (C=O) groups excluding carboxylic acids is 1. The fraction of sp³-hybridized carbons (Fsp3) is 0.105. The summed E-state index contributed by atoms with van der Waals surface area (Å²) in [4.78, 5) is 27.0. The Morgan fingerprint density at radius 1 is 1.23 bits per heavy atom. The average molecular weight is 348 g/mol. The van der Waals surface area contributed by atoms with E-state index in [1.54, 1.807) is 55.5 Å². The summed E-state index contributed by atoms with van der Waals surface area (Å²) in [5, 5.41) is 15.5. The molecule has 130 valence electrons. The number of benzene rings is 1. The predicted molar refractivity (Wildman–Crippen MR) is 97.6 cm³/mol. The maximum atomic E-state index is 12.4. The number of hydrogen-bond donors (Lipinski definition) is 0. The zero-order valence-electron chi connectivity index (χ0n) is 14.3. The first kappa shape index (κ1) is 17.2. The van der Waals surface area contributed by atoms with Crippen molar-refractivity contribution in [2.45, 2.75) is 6.92 Å². The van der Waals surface area contributed by atoms with Gasteiger partial charge in [-0.2, -0.15) is 5.10 Å². The Kier molecular flexibility index (Phi) is 4.70. The molecule has 0 aliphatic carbocycles. The van der Waals surface area contributed by atoms with Gasteiger partial charge in [-0.15, -0.1) is 0 Å². The van der Waals surface area contributed by atoms with Crippen LogP contribution in [-0.4, -0.2) is 25.5 Å². The van der Waals surface area contributed by atoms with Crippen molar-refractivity contribution < 1.29 is 9.72 Å². The monoisotopic (exact) mass is 348 g/mol. The van der Waals surface area contributed by atoms with Gasteiger partial charge in [0.05, 0.1) is 10.6 Å². The molecule has 0 bridgehead atoms. The number of aryl methyl sites for hydroxylation is 2. The maximum absolute atomic E-state index is 12.4. The van der Waals surface area contributed by atoms with E-state index in [2.05, 4.69) is 10.1 Å². The summed E-state index contributed by atoms with van der Waals surface area (Å²) in [5.41, 5.74) is 3.11. The first-order valence-electron chi connectivity index (χ1n) is 7.87. The van der Waals surface area contributed by atoms with E-state index in [1.807, 2.05) is 12.1 Å². The second kappa shape index (κ2) is 7.10. The Morgan fingerprint density at radius 3 is 2.65 bits per heavy atom. The lowest BCUT2D eigenvalue weighted by Gasteiger charge is -2.00. The van der Waals surface area contributed by atoms with Gasteiger partial charge in [0.1, 0.15) is 0 Å². The zero-order chi connectivity index (χ0) is 18.7. The van der Waals surface area contributed by atoms with Crippen molar-refractivity contribution in [1.82, 2.24) is 14.8 Å². The lowest BCUT2D eigenvalue weighted by Crippen LogP contribution is -1.98. The number of pyridine rings is 1. The third kappa shape index (κ3) is 3.56. The summed E-state index contributed by atoms with van der Waals surface area (Å²) in [7, 11) is 1.80. The molecule has 7 heteroatoms. The topological polar surface area (TPSA) is 90.9 Å². The molecule has 2 aromatic heterocycles. The van der Waals surface area contributed by atoms with Crippen LogP contribution in [-0.2, 0) is 7.05 Å². The first-order valence-corrected chi connectivity index (χ1v) is 7.87. The van der Waals surface area contributed by atoms with Gasteiger partial charge in [-0.1, -0.05) is 12.1 Å². The minimum absolute atomic E-state index is 0.0666. The first-order chi connectivity index (χ1) is 12.5. The van der Waals surface area contributed by atoms with E-state index in [9.17, 15) is 14.9 Å². The molecule has 3 aromatic rings. The average Bonchev–Trinajstić information content (AvgIpc) is 3.01. The van der Waals surface area contributed by atoms with Crippen LogP contribution in [0.4, 0.5) is 5.69 Å². The van der Waals surface area contributed by atoms with Crippen LogP contribution in [0.2, 0.25) is 0 Å². The van der Waals surface area contributed by atoms with Crippen molar-refractivity contribution >= 4 is 17.5 Å². The molecule has 0 N–H and O–H groups in total. The lowest BCUT2D eigenvalue weighted by molar-refractivity contribution is -0.385. The summed E-state index contributed by atoms with van der Waals surface area (Å²) in [6, 6.07) is 8.14. The van der Waals surface area contributed by atoms with Crippen molar-refractivity contribution in [1.29, 1.82) is 0 Å². The third-order valence-electron chi connectivity index (χ3n) is 3.92. The predicted octanol–water partition coefficient (Wildman–Crippen LogP) is 3.59. The molecule has 0 aliphatic heterocycles. The molecule has 26 heavy (non-hydrogen) atoms. The number of nitro benzene ring substituents is 1. The van der Waals surface area contributed by atoms with Crippen molar-refractivity contribution in [3.05, 3.63) is 81.8 Å². The molecule has 7 nitrogen and oxygen atoms in total. The molecule has 0 unspecified atom stereocenters. The fourth-order valence-electron chi connectivity index (χ4n) is 2.58. The van der Waals surface area contributed by atoms with Crippen LogP contribution >= 0.6 is 0 Å². The molecule has 3 rings (SSSR count). The second-order valence-electron chi connectivity index (χ2n) is 5.80. The second-order valence-corrected chi connectivity index (χ2v) is 5.80. The van der Waals surface area contributed by atoms with Gasteiger partial charge in [-0.05, 0) is 31.2 Å². The number of ketones is 1.